The predicted molar refractivity (Wildman–Crippen MR) is 92.4 cm³/mol. The zero-order valence-electron chi connectivity index (χ0n) is 13.1. The first kappa shape index (κ1) is 15.5. The Bertz CT molecular complexity index is 1060. The van der Waals surface area contributed by atoms with Crippen LogP contribution in [0.4, 0.5) is 5.69 Å². The lowest BCUT2D eigenvalue weighted by Crippen LogP contribution is -2.38. The second-order valence-electron chi connectivity index (χ2n) is 5.67. The van der Waals surface area contributed by atoms with Gasteiger partial charge in [-0.3, -0.25) is 9.10 Å². The van der Waals surface area contributed by atoms with Crippen molar-refractivity contribution in [1.29, 1.82) is 0 Å². The first-order valence-corrected chi connectivity index (χ1v) is 9.06. The molecule has 0 saturated carbocycles. The molecule has 0 unspecified atom stereocenters. The number of anilines is 1. The molecule has 7 nitrogen and oxygen atoms in total. The lowest BCUT2D eigenvalue weighted by molar-refractivity contribution is -0.119. The Morgan fingerprint density at radius 3 is 2.56 bits per heavy atom. The Balaban J connectivity index is 1.59. The van der Waals surface area contributed by atoms with Gasteiger partial charge in [-0.05, 0) is 17.5 Å². The van der Waals surface area contributed by atoms with E-state index in [9.17, 15) is 13.2 Å². The van der Waals surface area contributed by atoms with E-state index in [2.05, 4.69) is 15.3 Å². The molecule has 2 heterocycles. The van der Waals surface area contributed by atoms with Crippen LogP contribution in [0.25, 0.3) is 10.8 Å². The minimum absolute atomic E-state index is 0.241. The maximum atomic E-state index is 12.8. The molecule has 0 spiro atoms. The number of hydrogen-bond donors (Lipinski definition) is 1. The second kappa shape index (κ2) is 5.82. The summed E-state index contributed by atoms with van der Waals surface area (Å²) in [6, 6.07) is 10.5. The molecule has 0 saturated heterocycles. The molecule has 1 N–H and O–H groups in total. The molecule has 25 heavy (non-hydrogen) atoms. The Hall–Kier alpha value is -3.00. The molecule has 0 fully saturated rings. The lowest BCUT2D eigenvalue weighted by Gasteiger charge is -2.18. The van der Waals surface area contributed by atoms with Crippen LogP contribution in [0.3, 0.4) is 0 Å². The number of amides is 1. The summed E-state index contributed by atoms with van der Waals surface area (Å²) in [6.45, 7) is -0.0332. The van der Waals surface area contributed by atoms with Crippen molar-refractivity contribution in [2.24, 2.45) is 0 Å². The molecule has 0 aliphatic carbocycles. The van der Waals surface area contributed by atoms with Gasteiger partial charge in [0.05, 0.1) is 10.6 Å². The highest BCUT2D eigenvalue weighted by Crippen LogP contribution is 2.41. The molecule has 0 atom stereocenters. The molecule has 0 radical (unpaired) electrons. The third-order valence-electron chi connectivity index (χ3n) is 4.07. The van der Waals surface area contributed by atoms with E-state index < -0.39 is 15.9 Å². The molecule has 0 bridgehead atoms. The van der Waals surface area contributed by atoms with Gasteiger partial charge in [-0.2, -0.15) is 0 Å². The monoisotopic (exact) mass is 354 g/mol. The minimum atomic E-state index is -3.73. The maximum Gasteiger partial charge on any atom is 0.265 e. The summed E-state index contributed by atoms with van der Waals surface area (Å²) in [5.74, 6) is -0.391. The van der Waals surface area contributed by atoms with Crippen LogP contribution in [0.5, 0.6) is 0 Å². The summed E-state index contributed by atoms with van der Waals surface area (Å²) in [7, 11) is -3.73. The first-order valence-electron chi connectivity index (χ1n) is 7.62. The Kier molecular flexibility index (Phi) is 3.61. The van der Waals surface area contributed by atoms with Crippen LogP contribution in [0.15, 0.2) is 60.0 Å². The van der Waals surface area contributed by atoms with Gasteiger partial charge in [0.1, 0.15) is 12.9 Å². The lowest BCUT2D eigenvalue weighted by atomic mass is 10.1. The fourth-order valence-corrected chi connectivity index (χ4v) is 4.60. The van der Waals surface area contributed by atoms with E-state index >= 15 is 0 Å². The van der Waals surface area contributed by atoms with Crippen molar-refractivity contribution < 1.29 is 13.2 Å². The average molecular weight is 354 g/mol. The summed E-state index contributed by atoms with van der Waals surface area (Å²) in [4.78, 5) is 20.3. The van der Waals surface area contributed by atoms with Crippen LogP contribution in [-0.2, 0) is 21.4 Å². The first-order chi connectivity index (χ1) is 12.1. The van der Waals surface area contributed by atoms with E-state index in [1.807, 2.05) is 12.1 Å². The number of nitrogens with zero attached hydrogens (tertiary/aromatic N) is 3. The molecular formula is C17H14N4O3S. The van der Waals surface area contributed by atoms with Crippen LogP contribution in [0.2, 0.25) is 0 Å². The quantitative estimate of drug-likeness (QED) is 0.766. The van der Waals surface area contributed by atoms with Gasteiger partial charge >= 0.3 is 0 Å². The summed E-state index contributed by atoms with van der Waals surface area (Å²) in [6.07, 6.45) is 4.59. The van der Waals surface area contributed by atoms with E-state index in [1.165, 1.54) is 6.33 Å². The molecular weight excluding hydrogens is 340 g/mol. The van der Waals surface area contributed by atoms with E-state index in [1.54, 1.807) is 36.7 Å². The van der Waals surface area contributed by atoms with E-state index in [0.717, 1.165) is 15.3 Å². The fraction of sp³-hybridized carbons (Fsp3) is 0.118. The average Bonchev–Trinajstić information content (AvgIpc) is 2.84. The Morgan fingerprint density at radius 1 is 1.08 bits per heavy atom. The molecule has 2 aromatic carbocycles. The van der Waals surface area contributed by atoms with Crippen molar-refractivity contribution in [1.82, 2.24) is 15.3 Å². The summed E-state index contributed by atoms with van der Waals surface area (Å²) < 4.78 is 26.8. The minimum Gasteiger partial charge on any atom is -0.350 e. The molecule has 4 rings (SSSR count). The standard InChI is InChI=1S/C17H14N4O3S/c22-16(20-9-12-7-18-11-19-8-12)10-21-14-5-1-3-13-4-2-6-15(17(13)14)25(21,23)24/h1-8,11H,9-10H2,(H,20,22). The van der Waals surface area contributed by atoms with Crippen LogP contribution < -0.4 is 9.62 Å². The van der Waals surface area contributed by atoms with Gasteiger partial charge in [0.15, 0.2) is 0 Å². The van der Waals surface area contributed by atoms with Crippen LogP contribution in [-0.4, -0.2) is 30.8 Å². The number of carbonyl (C=O) groups is 1. The number of carbonyl (C=O) groups excluding carboxylic acids is 1. The highest BCUT2D eigenvalue weighted by atomic mass is 32.2. The normalized spacial score (nSPS) is 14.6. The van der Waals surface area contributed by atoms with Crippen molar-refractivity contribution in [3.05, 3.63) is 60.7 Å². The molecule has 8 heteroatoms. The number of rotatable bonds is 4. The van der Waals surface area contributed by atoms with Gasteiger partial charge in [0.25, 0.3) is 10.0 Å². The molecule has 1 aliphatic heterocycles. The van der Waals surface area contributed by atoms with Gasteiger partial charge in [-0.25, -0.2) is 18.4 Å². The number of benzene rings is 2. The van der Waals surface area contributed by atoms with Gasteiger partial charge in [-0.15, -0.1) is 0 Å². The van der Waals surface area contributed by atoms with Gasteiger partial charge in [0, 0.05) is 29.9 Å². The SMILES string of the molecule is O=C(CN1c2cccc3cccc(c23)S1(=O)=O)NCc1cncnc1. The number of aromatic nitrogens is 2. The molecule has 1 aliphatic rings. The van der Waals surface area contributed by atoms with Crippen molar-refractivity contribution >= 4 is 32.4 Å². The summed E-state index contributed by atoms with van der Waals surface area (Å²) >= 11 is 0. The number of sulfonamides is 1. The van der Waals surface area contributed by atoms with E-state index in [0.29, 0.717) is 11.1 Å². The third-order valence-corrected chi connectivity index (χ3v) is 5.87. The smallest absolute Gasteiger partial charge is 0.265 e. The van der Waals surface area contributed by atoms with Crippen molar-refractivity contribution in [2.45, 2.75) is 11.4 Å². The summed E-state index contributed by atoms with van der Waals surface area (Å²) in [5.41, 5.74) is 1.27. The van der Waals surface area contributed by atoms with Crippen LogP contribution >= 0.6 is 0 Å². The Morgan fingerprint density at radius 2 is 1.80 bits per heavy atom. The van der Waals surface area contributed by atoms with Crippen LogP contribution in [0.1, 0.15) is 5.56 Å². The highest BCUT2D eigenvalue weighted by molar-refractivity contribution is 7.93. The molecule has 3 aromatic rings. The second-order valence-corrected chi connectivity index (χ2v) is 7.50. The fourth-order valence-electron chi connectivity index (χ4n) is 2.94. The van der Waals surface area contributed by atoms with Crippen molar-refractivity contribution in [3.63, 3.8) is 0 Å². The number of nitrogens with one attached hydrogen (secondary N) is 1. The van der Waals surface area contributed by atoms with Crippen molar-refractivity contribution in [2.75, 3.05) is 10.8 Å². The maximum absolute atomic E-state index is 12.8. The van der Waals surface area contributed by atoms with Gasteiger partial charge < -0.3 is 5.32 Å². The van der Waals surface area contributed by atoms with Gasteiger partial charge in [-0.1, -0.05) is 24.3 Å². The number of hydrogen-bond acceptors (Lipinski definition) is 5. The molecule has 126 valence electrons. The topological polar surface area (TPSA) is 92.3 Å². The summed E-state index contributed by atoms with van der Waals surface area (Å²) in [5, 5.41) is 4.19. The molecule has 1 aromatic heterocycles. The Labute approximate surface area is 144 Å². The molecule has 1 amide bonds. The predicted octanol–water partition coefficient (Wildman–Crippen LogP) is 1.45. The highest BCUT2D eigenvalue weighted by Gasteiger charge is 2.36. The zero-order valence-corrected chi connectivity index (χ0v) is 13.9. The van der Waals surface area contributed by atoms with Crippen LogP contribution in [0, 0.1) is 0 Å². The van der Waals surface area contributed by atoms with Gasteiger partial charge in [0.2, 0.25) is 5.91 Å². The van der Waals surface area contributed by atoms with E-state index in [4.69, 9.17) is 0 Å². The largest absolute Gasteiger partial charge is 0.350 e. The van der Waals surface area contributed by atoms with E-state index in [-0.39, 0.29) is 18.0 Å². The van der Waals surface area contributed by atoms with Crippen molar-refractivity contribution in [3.8, 4) is 0 Å². The third kappa shape index (κ3) is 2.60. The zero-order chi connectivity index (χ0) is 17.4.